The third kappa shape index (κ3) is 14.6. The first-order valence-electron chi connectivity index (χ1n) is 18.4. The molecule has 2 unspecified atom stereocenters. The summed E-state index contributed by atoms with van der Waals surface area (Å²) >= 11 is 0. The highest BCUT2D eigenvalue weighted by Crippen LogP contribution is 2.40. The van der Waals surface area contributed by atoms with Crippen molar-refractivity contribution < 1.29 is 75.4 Å². The number of ether oxygens (including phenoxy) is 2. The van der Waals surface area contributed by atoms with E-state index in [2.05, 4.69) is 30.6 Å². The van der Waals surface area contributed by atoms with E-state index in [1.807, 2.05) is 6.07 Å². The van der Waals surface area contributed by atoms with Gasteiger partial charge in [0, 0.05) is 39.1 Å². The fourth-order valence-corrected chi connectivity index (χ4v) is 6.23. The van der Waals surface area contributed by atoms with Gasteiger partial charge in [-0.1, -0.05) is 0 Å². The molecule has 0 bridgehead atoms. The molecule has 33 heteroatoms. The number of carboxylic acid groups (broad SMARTS) is 3. The molecule has 0 saturated heterocycles. The molecule has 2 aromatic carbocycles. The lowest BCUT2D eigenvalue weighted by Crippen LogP contribution is -2.32. The smallest absolute Gasteiger partial charge is 0.373 e. The summed E-state index contributed by atoms with van der Waals surface area (Å²) in [5.41, 5.74) is 8.17. The highest BCUT2D eigenvalue weighted by Gasteiger charge is 2.35. The number of benzene rings is 2. The van der Waals surface area contributed by atoms with Gasteiger partial charge in [0.2, 0.25) is 43.1 Å². The van der Waals surface area contributed by atoms with Crippen LogP contribution in [0.3, 0.4) is 0 Å². The number of anilines is 3. The number of carboxylic acids is 3. The molecule has 0 aliphatic rings. The van der Waals surface area contributed by atoms with Gasteiger partial charge in [0.05, 0.1) is 50.8 Å². The summed E-state index contributed by atoms with van der Waals surface area (Å²) < 4.78 is 59.3. The highest BCUT2D eigenvalue weighted by molar-refractivity contribution is 7.90. The van der Waals surface area contributed by atoms with Crippen LogP contribution in [0.15, 0.2) is 46.7 Å². The molecule has 0 saturated carbocycles. The van der Waals surface area contributed by atoms with Crippen molar-refractivity contribution in [2.75, 3.05) is 42.1 Å². The summed E-state index contributed by atoms with van der Waals surface area (Å²) in [7, 11) is -5.17. The lowest BCUT2D eigenvalue weighted by atomic mass is 10.1. The monoisotopic (exact) mass is 1000 g/mol. The van der Waals surface area contributed by atoms with Gasteiger partial charge >= 0.3 is 41.0 Å². The Labute approximate surface area is 387 Å². The number of hydrogen-bond acceptors (Lipinski definition) is 24. The predicted molar refractivity (Wildman–Crippen MR) is 230 cm³/mol. The second-order valence-corrected chi connectivity index (χ2v) is 17.6. The first-order chi connectivity index (χ1) is 32.0. The Kier molecular flexibility index (Phi) is 17.4. The number of sulfone groups is 2. The van der Waals surface area contributed by atoms with E-state index in [-0.39, 0.29) is 28.2 Å². The van der Waals surface area contributed by atoms with E-state index in [0.29, 0.717) is 18.2 Å². The zero-order chi connectivity index (χ0) is 52.3. The number of aliphatic carboxylic acids is 3. The SMILES string of the molecule is CN(C)c1ccc(C#N)cc1Oc1nc(S(C)(=O)=O)nc(NC(CC(=O)O)C(=O)O)c1[N+](=O)[O-].CS(=O)(=O)c1nc(NC(CCC(N)=O)C(=O)O)c([N+](=O)[O-])c(Oc2ccc(C#N)c(C(N)=O)c2)n1. The molecular weight excluding hydrogens is 967 g/mol. The Morgan fingerprint density at radius 1 is 0.783 bits per heavy atom. The Morgan fingerprint density at radius 3 is 1.70 bits per heavy atom. The zero-order valence-electron chi connectivity index (χ0n) is 35.7. The number of amides is 2. The van der Waals surface area contributed by atoms with Crippen LogP contribution in [0.2, 0.25) is 0 Å². The third-order valence-corrected chi connectivity index (χ3v) is 10.0. The number of primary amides is 2. The van der Waals surface area contributed by atoms with E-state index >= 15 is 0 Å². The number of aromatic nitrogens is 4. The molecule has 0 aliphatic carbocycles. The maximum absolute atomic E-state index is 12.1. The molecule has 2 aromatic heterocycles. The normalized spacial score (nSPS) is 11.7. The Balaban J connectivity index is 0.000000365. The van der Waals surface area contributed by atoms with E-state index in [0.717, 1.165) is 18.2 Å². The van der Waals surface area contributed by atoms with E-state index < -0.39 is 136 Å². The second kappa shape index (κ2) is 22.2. The van der Waals surface area contributed by atoms with Crippen LogP contribution in [0.4, 0.5) is 28.7 Å². The molecule has 2 heterocycles. The molecule has 0 fully saturated rings. The maximum atomic E-state index is 12.1. The highest BCUT2D eigenvalue weighted by atomic mass is 32.2. The number of rotatable bonds is 21. The van der Waals surface area contributed by atoms with Gasteiger partial charge in [0.25, 0.3) is 10.3 Å². The summed E-state index contributed by atoms with van der Waals surface area (Å²) in [5, 5.41) is 71.9. The van der Waals surface area contributed by atoms with Crippen LogP contribution in [-0.2, 0) is 38.9 Å². The standard InChI is InChI=1S/C18H17N7O9S.C18H18N6O9S/c1-35(32,33)18-23-15(22-11(17(28)29)4-5-12(20)26)13(25(30)31)16(24-18)34-9-3-2-8(7-19)10(6-9)14(21)27;1-23(2)11-5-4-9(8-19)6-12(11)33-16-14(24(29)30)15(21-18(22-16)34(3,31)32)20-10(17(27)28)7-13(25)26/h2-3,6,11H,4-5H2,1H3,(H2,20,26)(H2,21,27)(H,28,29)(H,22,23,24);4-6,10H,7H2,1-3H3,(H,25,26)(H,27,28)(H,20,21,22). The average Bonchev–Trinajstić information content (AvgIpc) is 3.23. The molecule has 364 valence electrons. The Hall–Kier alpha value is -9.37. The fraction of sp³-hybridized carbons (Fsp3) is 0.250. The first kappa shape index (κ1) is 54.0. The molecule has 2 atom stereocenters. The van der Waals surface area contributed by atoms with Gasteiger partial charge in [-0.15, -0.1) is 0 Å². The second-order valence-electron chi connectivity index (χ2n) is 13.8. The summed E-state index contributed by atoms with van der Waals surface area (Å²) in [6, 6.07) is 7.47. The molecule has 4 aromatic rings. The third-order valence-electron chi connectivity index (χ3n) is 8.34. The zero-order valence-corrected chi connectivity index (χ0v) is 37.3. The van der Waals surface area contributed by atoms with Crippen molar-refractivity contribution in [2.24, 2.45) is 11.5 Å². The molecule has 4 rings (SSSR count). The van der Waals surface area contributed by atoms with Crippen molar-refractivity contribution in [1.29, 1.82) is 10.5 Å². The largest absolute Gasteiger partial charge is 0.481 e. The van der Waals surface area contributed by atoms with Gasteiger partial charge in [-0.2, -0.15) is 30.5 Å². The summed E-state index contributed by atoms with van der Waals surface area (Å²) in [4.78, 5) is 94.0. The minimum Gasteiger partial charge on any atom is -0.481 e. The molecule has 0 aliphatic heterocycles. The number of nitrogens with zero attached hydrogens (tertiary/aromatic N) is 9. The van der Waals surface area contributed by atoms with Crippen LogP contribution in [0, 0.1) is 42.9 Å². The lowest BCUT2D eigenvalue weighted by Gasteiger charge is -2.18. The number of carbonyl (C=O) groups excluding carboxylic acids is 2. The van der Waals surface area contributed by atoms with Gasteiger partial charge in [-0.3, -0.25) is 34.6 Å². The molecular formula is C36H35N13O18S2. The molecule has 69 heavy (non-hydrogen) atoms. The van der Waals surface area contributed by atoms with Crippen molar-refractivity contribution in [2.45, 2.75) is 41.7 Å². The van der Waals surface area contributed by atoms with Crippen molar-refractivity contribution in [3.63, 3.8) is 0 Å². The maximum Gasteiger partial charge on any atom is 0.373 e. The number of nitro groups is 2. The van der Waals surface area contributed by atoms with Crippen molar-refractivity contribution >= 4 is 78.1 Å². The van der Waals surface area contributed by atoms with Gasteiger partial charge in [-0.25, -0.2) is 26.4 Å². The quantitative estimate of drug-likeness (QED) is 0.0340. The summed E-state index contributed by atoms with van der Waals surface area (Å²) in [6.45, 7) is 0. The van der Waals surface area contributed by atoms with E-state index in [4.69, 9.17) is 31.3 Å². The number of hydrogen-bond donors (Lipinski definition) is 7. The Morgan fingerprint density at radius 2 is 1.29 bits per heavy atom. The van der Waals surface area contributed by atoms with Crippen molar-refractivity contribution in [1.82, 2.24) is 19.9 Å². The van der Waals surface area contributed by atoms with Gasteiger partial charge in [0.1, 0.15) is 17.8 Å². The summed E-state index contributed by atoms with van der Waals surface area (Å²) in [5.74, 6) is -10.5. The molecule has 0 radical (unpaired) electrons. The fourth-order valence-electron chi connectivity index (χ4n) is 5.22. The minimum absolute atomic E-state index is 0.100. The van der Waals surface area contributed by atoms with E-state index in [1.165, 1.54) is 18.2 Å². The Bertz CT molecular complexity index is 3080. The molecule has 31 nitrogen and oxygen atoms in total. The number of nitriles is 2. The van der Waals surface area contributed by atoms with Crippen molar-refractivity contribution in [3.8, 4) is 35.4 Å². The van der Waals surface area contributed by atoms with Crippen LogP contribution in [0.25, 0.3) is 0 Å². The predicted octanol–water partition coefficient (Wildman–Crippen LogP) is 0.540. The van der Waals surface area contributed by atoms with Gasteiger partial charge in [0.15, 0.2) is 5.75 Å². The number of carbonyl (C=O) groups is 5. The molecule has 0 spiro atoms. The van der Waals surface area contributed by atoms with Crippen LogP contribution in [-0.4, -0.2) is 130 Å². The first-order valence-corrected chi connectivity index (χ1v) is 22.2. The van der Waals surface area contributed by atoms with Crippen LogP contribution < -0.4 is 36.5 Å². The topological polar surface area (TPSA) is 498 Å². The van der Waals surface area contributed by atoms with Gasteiger partial charge < -0.3 is 51.8 Å². The lowest BCUT2D eigenvalue weighted by molar-refractivity contribution is -0.385. The van der Waals surface area contributed by atoms with Crippen LogP contribution in [0.5, 0.6) is 23.3 Å². The minimum atomic E-state index is -4.20. The van der Waals surface area contributed by atoms with Crippen LogP contribution in [0.1, 0.15) is 40.7 Å². The molecule has 9 N–H and O–H groups in total. The number of nitrogens with two attached hydrogens (primary N) is 2. The van der Waals surface area contributed by atoms with Crippen LogP contribution >= 0.6 is 0 Å². The average molecular weight is 1000 g/mol. The number of nitrogens with one attached hydrogen (secondary N) is 2. The van der Waals surface area contributed by atoms with Crippen molar-refractivity contribution in [3.05, 3.63) is 73.3 Å². The van der Waals surface area contributed by atoms with E-state index in [9.17, 15) is 76.5 Å². The van der Waals surface area contributed by atoms with Gasteiger partial charge in [-0.05, 0) is 36.8 Å². The summed E-state index contributed by atoms with van der Waals surface area (Å²) in [6.07, 6.45) is -0.429. The van der Waals surface area contributed by atoms with E-state index in [1.54, 1.807) is 25.1 Å². The molecule has 2 amide bonds.